The molecule has 1 aliphatic rings. The van der Waals surface area contributed by atoms with Gasteiger partial charge in [0.25, 0.3) is 5.92 Å². The number of halogens is 2. The van der Waals surface area contributed by atoms with Crippen LogP contribution in [0, 0.1) is 0 Å². The SMILES string of the molecule is FC1(F)Cc2cccc(N=C(c3ccccc3)c3ccccc3)c2C1. The Morgan fingerprint density at radius 1 is 0.720 bits per heavy atom. The molecule has 4 rings (SSSR count). The molecule has 0 bridgehead atoms. The number of alkyl halides is 2. The van der Waals surface area contributed by atoms with Gasteiger partial charge in [-0.3, -0.25) is 0 Å². The van der Waals surface area contributed by atoms with Gasteiger partial charge in [-0.25, -0.2) is 13.8 Å². The van der Waals surface area contributed by atoms with Crippen molar-refractivity contribution < 1.29 is 8.78 Å². The summed E-state index contributed by atoms with van der Waals surface area (Å²) in [6, 6.07) is 25.1. The molecule has 0 radical (unpaired) electrons. The summed E-state index contributed by atoms with van der Waals surface area (Å²) in [5.41, 5.74) is 4.73. The number of nitrogens with zero attached hydrogens (tertiary/aromatic N) is 1. The van der Waals surface area contributed by atoms with Crippen molar-refractivity contribution in [2.24, 2.45) is 4.99 Å². The van der Waals surface area contributed by atoms with E-state index in [2.05, 4.69) is 0 Å². The van der Waals surface area contributed by atoms with Gasteiger partial charge in [-0.05, 0) is 17.2 Å². The van der Waals surface area contributed by atoms with Crippen LogP contribution in [0.15, 0.2) is 83.9 Å². The average molecular weight is 333 g/mol. The largest absolute Gasteiger partial charge is 0.256 e. The zero-order chi connectivity index (χ0) is 17.3. The molecule has 3 aromatic rings. The molecule has 0 aliphatic heterocycles. The summed E-state index contributed by atoms with van der Waals surface area (Å²) in [7, 11) is 0. The second-order valence-corrected chi connectivity index (χ2v) is 6.32. The maximum absolute atomic E-state index is 13.9. The molecule has 1 nitrogen and oxygen atoms in total. The number of rotatable bonds is 3. The first-order valence-corrected chi connectivity index (χ1v) is 8.30. The van der Waals surface area contributed by atoms with Crippen LogP contribution in [0.2, 0.25) is 0 Å². The average Bonchev–Trinajstić information content (AvgIpc) is 2.96. The van der Waals surface area contributed by atoms with Crippen molar-refractivity contribution in [3.05, 3.63) is 101 Å². The standard InChI is InChI=1S/C22H17F2N/c23-22(24)14-18-12-7-13-20(19(18)15-22)25-21(16-8-3-1-4-9-16)17-10-5-2-6-11-17/h1-13H,14-15H2. The summed E-state index contributed by atoms with van der Waals surface area (Å²) in [5.74, 6) is -2.67. The van der Waals surface area contributed by atoms with Gasteiger partial charge >= 0.3 is 0 Å². The van der Waals surface area contributed by atoms with E-state index in [1.54, 1.807) is 6.07 Å². The number of benzene rings is 3. The third kappa shape index (κ3) is 3.22. The zero-order valence-corrected chi connectivity index (χ0v) is 13.6. The Kier molecular flexibility index (Phi) is 3.92. The van der Waals surface area contributed by atoms with Crippen molar-refractivity contribution in [2.45, 2.75) is 18.8 Å². The summed E-state index contributed by atoms with van der Waals surface area (Å²) < 4.78 is 27.7. The van der Waals surface area contributed by atoms with Gasteiger partial charge < -0.3 is 0 Å². The highest BCUT2D eigenvalue weighted by atomic mass is 19.3. The van der Waals surface area contributed by atoms with Crippen molar-refractivity contribution in [1.29, 1.82) is 0 Å². The molecule has 0 spiro atoms. The summed E-state index contributed by atoms with van der Waals surface area (Å²) >= 11 is 0. The lowest BCUT2D eigenvalue weighted by Crippen LogP contribution is -2.14. The minimum absolute atomic E-state index is 0.197. The quantitative estimate of drug-likeness (QED) is 0.554. The van der Waals surface area contributed by atoms with E-state index in [1.165, 1.54) is 0 Å². The maximum atomic E-state index is 13.9. The van der Waals surface area contributed by atoms with E-state index in [0.717, 1.165) is 16.8 Å². The summed E-state index contributed by atoms with van der Waals surface area (Å²) in [5, 5.41) is 0. The Labute approximate surface area is 145 Å². The number of fused-ring (bicyclic) bond motifs is 1. The Morgan fingerprint density at radius 2 is 1.32 bits per heavy atom. The van der Waals surface area contributed by atoms with Crippen LogP contribution in [-0.4, -0.2) is 11.6 Å². The van der Waals surface area contributed by atoms with Crippen molar-refractivity contribution in [3.8, 4) is 0 Å². The first-order valence-electron chi connectivity index (χ1n) is 8.30. The lowest BCUT2D eigenvalue weighted by molar-refractivity contribution is 0.0131. The van der Waals surface area contributed by atoms with Gasteiger partial charge in [-0.2, -0.15) is 0 Å². The summed E-state index contributed by atoms with van der Waals surface area (Å²) in [4.78, 5) is 4.82. The maximum Gasteiger partial charge on any atom is 0.256 e. The van der Waals surface area contributed by atoms with Crippen LogP contribution in [-0.2, 0) is 12.8 Å². The van der Waals surface area contributed by atoms with Crippen molar-refractivity contribution in [2.75, 3.05) is 0 Å². The van der Waals surface area contributed by atoms with Gasteiger partial charge in [-0.15, -0.1) is 0 Å². The first-order chi connectivity index (χ1) is 12.1. The van der Waals surface area contributed by atoms with E-state index >= 15 is 0 Å². The molecule has 1 aliphatic carbocycles. The second-order valence-electron chi connectivity index (χ2n) is 6.32. The Balaban J connectivity index is 1.86. The van der Waals surface area contributed by atoms with E-state index in [4.69, 9.17) is 4.99 Å². The highest BCUT2D eigenvalue weighted by molar-refractivity contribution is 6.14. The van der Waals surface area contributed by atoms with E-state index < -0.39 is 5.92 Å². The van der Waals surface area contributed by atoms with E-state index in [-0.39, 0.29) is 12.8 Å². The first kappa shape index (κ1) is 15.7. The second kappa shape index (κ2) is 6.25. The Hall–Kier alpha value is -2.81. The monoisotopic (exact) mass is 333 g/mol. The smallest absolute Gasteiger partial charge is 0.247 e. The third-order valence-corrected chi connectivity index (χ3v) is 4.46. The van der Waals surface area contributed by atoms with Gasteiger partial charge in [0.05, 0.1) is 11.4 Å². The molecular formula is C22H17F2N. The van der Waals surface area contributed by atoms with Crippen LogP contribution in [0.5, 0.6) is 0 Å². The normalized spacial score (nSPS) is 14.8. The number of hydrogen-bond acceptors (Lipinski definition) is 1. The molecule has 0 fully saturated rings. The molecule has 3 aromatic carbocycles. The van der Waals surface area contributed by atoms with Crippen LogP contribution in [0.3, 0.4) is 0 Å². The Bertz CT molecular complexity index is 874. The van der Waals surface area contributed by atoms with Crippen LogP contribution in [0.25, 0.3) is 0 Å². The van der Waals surface area contributed by atoms with Gasteiger partial charge in [-0.1, -0.05) is 72.8 Å². The molecule has 0 aromatic heterocycles. The fourth-order valence-corrected chi connectivity index (χ4v) is 3.30. The molecule has 0 atom stereocenters. The van der Waals surface area contributed by atoms with Gasteiger partial charge in [0.15, 0.2) is 0 Å². The van der Waals surface area contributed by atoms with Crippen LogP contribution < -0.4 is 0 Å². The molecular weight excluding hydrogens is 316 g/mol. The molecule has 124 valence electrons. The van der Waals surface area contributed by atoms with Crippen molar-refractivity contribution in [1.82, 2.24) is 0 Å². The van der Waals surface area contributed by atoms with Crippen molar-refractivity contribution in [3.63, 3.8) is 0 Å². The van der Waals surface area contributed by atoms with Crippen LogP contribution in [0.4, 0.5) is 14.5 Å². The van der Waals surface area contributed by atoms with E-state index in [9.17, 15) is 8.78 Å². The minimum atomic E-state index is -2.67. The van der Waals surface area contributed by atoms with E-state index in [1.807, 2.05) is 72.8 Å². The van der Waals surface area contributed by atoms with Gasteiger partial charge in [0.1, 0.15) is 0 Å². The van der Waals surface area contributed by atoms with E-state index in [0.29, 0.717) is 16.8 Å². The topological polar surface area (TPSA) is 12.4 Å². The van der Waals surface area contributed by atoms with Crippen molar-refractivity contribution >= 4 is 11.4 Å². The lowest BCUT2D eigenvalue weighted by atomic mass is 10.0. The molecule has 0 heterocycles. The molecule has 0 saturated heterocycles. The van der Waals surface area contributed by atoms with Crippen LogP contribution >= 0.6 is 0 Å². The van der Waals surface area contributed by atoms with Crippen LogP contribution in [0.1, 0.15) is 22.3 Å². The zero-order valence-electron chi connectivity index (χ0n) is 13.6. The molecule has 0 unspecified atom stereocenters. The lowest BCUT2D eigenvalue weighted by Gasteiger charge is -2.10. The fraction of sp³-hybridized carbons (Fsp3) is 0.136. The Morgan fingerprint density at radius 3 is 1.92 bits per heavy atom. The highest BCUT2D eigenvalue weighted by Crippen LogP contribution is 2.39. The molecule has 0 saturated carbocycles. The number of aliphatic imine (C=N–C) groups is 1. The summed E-state index contributed by atoms with van der Waals surface area (Å²) in [6.07, 6.45) is -0.434. The minimum Gasteiger partial charge on any atom is -0.247 e. The van der Waals surface area contributed by atoms with Gasteiger partial charge in [0, 0.05) is 24.0 Å². The number of hydrogen-bond donors (Lipinski definition) is 0. The van der Waals surface area contributed by atoms with Gasteiger partial charge in [0.2, 0.25) is 0 Å². The molecule has 25 heavy (non-hydrogen) atoms. The molecule has 3 heteroatoms. The summed E-state index contributed by atoms with van der Waals surface area (Å²) in [6.45, 7) is 0. The highest BCUT2D eigenvalue weighted by Gasteiger charge is 2.38. The molecule has 0 N–H and O–H groups in total. The third-order valence-electron chi connectivity index (χ3n) is 4.46. The predicted molar refractivity (Wildman–Crippen MR) is 97.0 cm³/mol. The fourth-order valence-electron chi connectivity index (χ4n) is 3.30. The predicted octanol–water partition coefficient (Wildman–Crippen LogP) is 5.59. The molecule has 0 amide bonds.